The Morgan fingerprint density at radius 1 is 1.33 bits per heavy atom. The van der Waals surface area contributed by atoms with Crippen molar-refractivity contribution in [2.45, 2.75) is 12.2 Å². The number of phenols is 1. The summed E-state index contributed by atoms with van der Waals surface area (Å²) < 4.78 is 48.9. The molecule has 0 aliphatic heterocycles. The van der Waals surface area contributed by atoms with Crippen molar-refractivity contribution in [2.24, 2.45) is 5.73 Å². The lowest BCUT2D eigenvalue weighted by Crippen LogP contribution is -2.14. The molecule has 0 saturated carbocycles. The van der Waals surface area contributed by atoms with Gasteiger partial charge in [-0.25, -0.2) is 4.39 Å². The number of hydrogen-bond acceptors (Lipinski definition) is 2. The van der Waals surface area contributed by atoms with Gasteiger partial charge in [0, 0.05) is 5.56 Å². The van der Waals surface area contributed by atoms with E-state index in [9.17, 15) is 22.7 Å². The normalized spacial score (nSPS) is 13.9. The standard InChI is InChI=1S/C9H9F4NO/c10-4-7(14)6-3-5(9(11,12)13)1-2-8(6)15/h1-3,7,15H,4,14H2/t7-/m0/s1. The fourth-order valence-electron chi connectivity index (χ4n) is 1.11. The Balaban J connectivity index is 3.17. The molecule has 0 unspecified atom stereocenters. The molecule has 0 heterocycles. The lowest BCUT2D eigenvalue weighted by Gasteiger charge is -2.13. The second-order valence-electron chi connectivity index (χ2n) is 3.03. The molecule has 0 saturated heterocycles. The molecule has 1 aromatic carbocycles. The van der Waals surface area contributed by atoms with Crippen molar-refractivity contribution >= 4 is 0 Å². The van der Waals surface area contributed by atoms with E-state index in [0.29, 0.717) is 12.1 Å². The van der Waals surface area contributed by atoms with Gasteiger partial charge in [0.2, 0.25) is 0 Å². The maximum absolute atomic E-state index is 12.3. The number of phenolic OH excluding ortho intramolecular Hbond substituents is 1. The van der Waals surface area contributed by atoms with Crippen LogP contribution in [0.3, 0.4) is 0 Å². The first-order chi connectivity index (χ1) is 6.86. The van der Waals surface area contributed by atoms with E-state index in [1.807, 2.05) is 0 Å². The average Bonchev–Trinajstić information content (AvgIpc) is 2.15. The molecule has 0 aliphatic carbocycles. The van der Waals surface area contributed by atoms with Crippen molar-refractivity contribution in [1.29, 1.82) is 0 Å². The Kier molecular flexibility index (Phi) is 3.18. The minimum Gasteiger partial charge on any atom is -0.508 e. The number of rotatable bonds is 2. The first kappa shape index (κ1) is 11.8. The zero-order valence-electron chi connectivity index (χ0n) is 7.55. The third-order valence-corrected chi connectivity index (χ3v) is 1.92. The van der Waals surface area contributed by atoms with Gasteiger partial charge in [-0.2, -0.15) is 13.2 Å². The maximum atomic E-state index is 12.3. The second kappa shape index (κ2) is 4.06. The minimum absolute atomic E-state index is 0.243. The van der Waals surface area contributed by atoms with Crippen LogP contribution in [0.15, 0.2) is 18.2 Å². The monoisotopic (exact) mass is 223 g/mol. The zero-order chi connectivity index (χ0) is 11.6. The maximum Gasteiger partial charge on any atom is 0.416 e. The summed E-state index contributed by atoms with van der Waals surface area (Å²) in [6.07, 6.45) is -4.53. The highest BCUT2D eigenvalue weighted by molar-refractivity contribution is 5.39. The summed E-state index contributed by atoms with van der Waals surface area (Å²) in [5.41, 5.74) is 4.00. The lowest BCUT2D eigenvalue weighted by atomic mass is 10.0. The summed E-state index contributed by atoms with van der Waals surface area (Å²) in [5.74, 6) is -0.437. The van der Waals surface area contributed by atoms with Gasteiger partial charge >= 0.3 is 6.18 Å². The van der Waals surface area contributed by atoms with Crippen LogP contribution in [0, 0.1) is 0 Å². The van der Waals surface area contributed by atoms with Gasteiger partial charge in [-0.15, -0.1) is 0 Å². The van der Waals surface area contributed by atoms with Crippen LogP contribution in [0.1, 0.15) is 17.2 Å². The highest BCUT2D eigenvalue weighted by Gasteiger charge is 2.31. The molecule has 0 fully saturated rings. The summed E-state index contributed by atoms with van der Waals surface area (Å²) in [7, 11) is 0. The van der Waals surface area contributed by atoms with Crippen molar-refractivity contribution < 1.29 is 22.7 Å². The summed E-state index contributed by atoms with van der Waals surface area (Å²) >= 11 is 0. The second-order valence-corrected chi connectivity index (χ2v) is 3.03. The molecular weight excluding hydrogens is 214 g/mol. The fourth-order valence-corrected chi connectivity index (χ4v) is 1.11. The molecule has 1 aromatic rings. The van der Waals surface area contributed by atoms with E-state index in [2.05, 4.69) is 0 Å². The number of alkyl halides is 4. The molecule has 15 heavy (non-hydrogen) atoms. The number of hydrogen-bond donors (Lipinski definition) is 2. The van der Waals surface area contributed by atoms with Crippen molar-refractivity contribution in [3.63, 3.8) is 0 Å². The van der Waals surface area contributed by atoms with Crippen LogP contribution < -0.4 is 5.73 Å². The van der Waals surface area contributed by atoms with Crippen LogP contribution in [0.4, 0.5) is 17.6 Å². The predicted octanol–water partition coefficient (Wildman–Crippen LogP) is 2.38. The zero-order valence-corrected chi connectivity index (χ0v) is 7.55. The van der Waals surface area contributed by atoms with Gasteiger partial charge in [-0.1, -0.05) is 0 Å². The van der Waals surface area contributed by atoms with E-state index in [-0.39, 0.29) is 5.56 Å². The molecule has 1 atom stereocenters. The van der Waals surface area contributed by atoms with E-state index in [1.54, 1.807) is 0 Å². The van der Waals surface area contributed by atoms with Gasteiger partial charge in [0.1, 0.15) is 12.4 Å². The smallest absolute Gasteiger partial charge is 0.416 e. The number of benzene rings is 1. The number of aromatic hydroxyl groups is 1. The molecular formula is C9H9F4NO. The van der Waals surface area contributed by atoms with E-state index in [4.69, 9.17) is 5.73 Å². The van der Waals surface area contributed by atoms with E-state index in [1.165, 1.54) is 0 Å². The van der Waals surface area contributed by atoms with Crippen molar-refractivity contribution in [1.82, 2.24) is 0 Å². The first-order valence-electron chi connectivity index (χ1n) is 4.08. The summed E-state index contributed by atoms with van der Waals surface area (Å²) in [6, 6.07) is 0.976. The molecule has 0 bridgehead atoms. The van der Waals surface area contributed by atoms with E-state index in [0.717, 1.165) is 6.07 Å². The Bertz CT molecular complexity index is 350. The van der Waals surface area contributed by atoms with Crippen LogP contribution in [-0.4, -0.2) is 11.8 Å². The molecule has 3 N–H and O–H groups in total. The van der Waals surface area contributed by atoms with Crippen LogP contribution in [0.5, 0.6) is 5.75 Å². The first-order valence-corrected chi connectivity index (χ1v) is 4.08. The fraction of sp³-hybridized carbons (Fsp3) is 0.333. The van der Waals surface area contributed by atoms with Gasteiger partial charge < -0.3 is 10.8 Å². The molecule has 0 aliphatic rings. The largest absolute Gasteiger partial charge is 0.508 e. The third-order valence-electron chi connectivity index (χ3n) is 1.92. The quantitative estimate of drug-likeness (QED) is 0.756. The molecule has 0 amide bonds. The Morgan fingerprint density at radius 3 is 2.40 bits per heavy atom. The minimum atomic E-state index is -4.53. The highest BCUT2D eigenvalue weighted by atomic mass is 19.4. The molecule has 1 rings (SSSR count). The van der Waals surface area contributed by atoms with Gasteiger partial charge in [0.25, 0.3) is 0 Å². The van der Waals surface area contributed by atoms with Crippen LogP contribution in [0.25, 0.3) is 0 Å². The molecule has 84 valence electrons. The van der Waals surface area contributed by atoms with E-state index >= 15 is 0 Å². The van der Waals surface area contributed by atoms with Crippen LogP contribution in [-0.2, 0) is 6.18 Å². The van der Waals surface area contributed by atoms with Crippen LogP contribution in [0.2, 0.25) is 0 Å². The number of halogens is 4. The summed E-state index contributed by atoms with van der Waals surface area (Å²) in [6.45, 7) is -1.03. The Labute approximate surface area is 83.3 Å². The van der Waals surface area contributed by atoms with Crippen molar-refractivity contribution in [3.8, 4) is 5.75 Å². The van der Waals surface area contributed by atoms with Gasteiger partial charge in [-0.05, 0) is 18.2 Å². The highest BCUT2D eigenvalue weighted by Crippen LogP contribution is 2.33. The molecule has 6 heteroatoms. The molecule has 0 spiro atoms. The summed E-state index contributed by atoms with van der Waals surface area (Å²) in [4.78, 5) is 0. The molecule has 2 nitrogen and oxygen atoms in total. The average molecular weight is 223 g/mol. The summed E-state index contributed by atoms with van der Waals surface area (Å²) in [5, 5.41) is 9.19. The van der Waals surface area contributed by atoms with Gasteiger partial charge in [0.15, 0.2) is 0 Å². The van der Waals surface area contributed by atoms with Gasteiger partial charge in [0.05, 0.1) is 11.6 Å². The topological polar surface area (TPSA) is 46.2 Å². The Hall–Kier alpha value is -1.30. The third kappa shape index (κ3) is 2.59. The Morgan fingerprint density at radius 2 is 1.93 bits per heavy atom. The molecule has 0 aromatic heterocycles. The number of nitrogens with two attached hydrogens (primary N) is 1. The van der Waals surface area contributed by atoms with Gasteiger partial charge in [-0.3, -0.25) is 0 Å². The van der Waals surface area contributed by atoms with Crippen molar-refractivity contribution in [3.05, 3.63) is 29.3 Å². The van der Waals surface area contributed by atoms with E-state index < -0.39 is 30.2 Å². The molecule has 0 radical (unpaired) electrons. The van der Waals surface area contributed by atoms with Crippen molar-refractivity contribution in [2.75, 3.05) is 6.67 Å². The SMILES string of the molecule is N[C@@H](CF)c1cc(C(F)(F)F)ccc1O. The van der Waals surface area contributed by atoms with Crippen LogP contribution >= 0.6 is 0 Å². The lowest BCUT2D eigenvalue weighted by molar-refractivity contribution is -0.137. The predicted molar refractivity (Wildman–Crippen MR) is 46.0 cm³/mol.